The fraction of sp³-hybridized carbons (Fsp3) is 0.600. The van der Waals surface area contributed by atoms with Crippen LogP contribution in [0.1, 0.15) is 25.5 Å². The lowest BCUT2D eigenvalue weighted by Gasteiger charge is -2.37. The molecule has 1 aliphatic rings. The number of aromatic nitrogens is 1. The Morgan fingerprint density at radius 2 is 2.15 bits per heavy atom. The predicted octanol–water partition coefficient (Wildman–Crippen LogP) is 1.05. The Morgan fingerprint density at radius 1 is 1.45 bits per heavy atom. The molecule has 110 valence electrons. The molecular formula is C15H24N4O. The van der Waals surface area contributed by atoms with E-state index in [1.165, 1.54) is 0 Å². The van der Waals surface area contributed by atoms with Crippen molar-refractivity contribution in [2.75, 3.05) is 32.4 Å². The van der Waals surface area contributed by atoms with Crippen molar-refractivity contribution >= 4 is 11.6 Å². The van der Waals surface area contributed by atoms with E-state index in [9.17, 15) is 4.79 Å². The number of hydrogen-bond donors (Lipinski definition) is 2. The lowest BCUT2D eigenvalue weighted by atomic mass is 9.80. The van der Waals surface area contributed by atoms with Gasteiger partial charge in [-0.15, -0.1) is 0 Å². The molecule has 0 saturated carbocycles. The number of amides is 1. The Labute approximate surface area is 120 Å². The summed E-state index contributed by atoms with van der Waals surface area (Å²) in [7, 11) is 2.14. The maximum Gasteiger partial charge on any atom is 0.226 e. The minimum Gasteiger partial charge on any atom is -0.397 e. The van der Waals surface area contributed by atoms with Crippen molar-refractivity contribution in [3.05, 3.63) is 24.0 Å². The van der Waals surface area contributed by atoms with Crippen molar-refractivity contribution < 1.29 is 4.79 Å². The Kier molecular flexibility index (Phi) is 4.60. The van der Waals surface area contributed by atoms with E-state index in [0.29, 0.717) is 12.1 Å². The van der Waals surface area contributed by atoms with E-state index in [1.807, 2.05) is 0 Å². The third-order valence-electron chi connectivity index (χ3n) is 4.10. The smallest absolute Gasteiger partial charge is 0.226 e. The molecule has 0 spiro atoms. The van der Waals surface area contributed by atoms with E-state index in [1.54, 1.807) is 18.3 Å². The zero-order valence-electron chi connectivity index (χ0n) is 12.4. The molecule has 0 atom stereocenters. The molecule has 1 saturated heterocycles. The average molecular weight is 276 g/mol. The highest BCUT2D eigenvalue weighted by Gasteiger charge is 2.29. The maximum absolute atomic E-state index is 12.0. The first kappa shape index (κ1) is 14.8. The van der Waals surface area contributed by atoms with Gasteiger partial charge in [-0.05, 0) is 50.5 Å². The zero-order chi connectivity index (χ0) is 14.6. The van der Waals surface area contributed by atoms with Crippen molar-refractivity contribution in [1.82, 2.24) is 15.2 Å². The summed E-state index contributed by atoms with van der Waals surface area (Å²) in [6.45, 7) is 5.20. The first-order chi connectivity index (χ1) is 9.47. The van der Waals surface area contributed by atoms with E-state index in [0.717, 1.165) is 38.2 Å². The van der Waals surface area contributed by atoms with Gasteiger partial charge in [-0.3, -0.25) is 9.78 Å². The fourth-order valence-corrected chi connectivity index (χ4v) is 2.41. The Hall–Kier alpha value is -1.62. The number of nitrogens with zero attached hydrogens (tertiary/aromatic N) is 2. The van der Waals surface area contributed by atoms with Crippen LogP contribution in [0.4, 0.5) is 5.69 Å². The van der Waals surface area contributed by atoms with E-state index in [2.05, 4.69) is 29.2 Å². The summed E-state index contributed by atoms with van der Waals surface area (Å²) in [5, 5.41) is 3.04. The third-order valence-corrected chi connectivity index (χ3v) is 4.10. The van der Waals surface area contributed by atoms with Gasteiger partial charge in [0.25, 0.3) is 0 Å². The number of nitrogen functional groups attached to an aromatic ring is 1. The second-order valence-electron chi connectivity index (χ2n) is 6.15. The molecule has 0 aromatic carbocycles. The van der Waals surface area contributed by atoms with Gasteiger partial charge in [0.05, 0.1) is 18.3 Å². The maximum atomic E-state index is 12.0. The standard InChI is InChI=1S/C15H24N4O/c1-15(5-7-19(2)8-6-15)11-18-14(20)9-13-4-3-12(16)10-17-13/h3-4,10H,5-9,11,16H2,1-2H3,(H,18,20). The van der Waals surface area contributed by atoms with Gasteiger partial charge in [0.1, 0.15) is 0 Å². The molecule has 2 heterocycles. The highest BCUT2D eigenvalue weighted by atomic mass is 16.1. The van der Waals surface area contributed by atoms with E-state index < -0.39 is 0 Å². The molecule has 1 aromatic rings. The average Bonchev–Trinajstić information content (AvgIpc) is 2.43. The zero-order valence-corrected chi connectivity index (χ0v) is 12.4. The Balaban J connectivity index is 1.79. The number of pyridine rings is 1. The van der Waals surface area contributed by atoms with Crippen molar-refractivity contribution in [2.45, 2.75) is 26.2 Å². The van der Waals surface area contributed by atoms with Crippen LogP contribution in [0.15, 0.2) is 18.3 Å². The van der Waals surface area contributed by atoms with Crippen LogP contribution in [0.3, 0.4) is 0 Å². The molecule has 0 bridgehead atoms. The van der Waals surface area contributed by atoms with Crippen molar-refractivity contribution in [3.63, 3.8) is 0 Å². The number of hydrogen-bond acceptors (Lipinski definition) is 4. The van der Waals surface area contributed by atoms with E-state index in [-0.39, 0.29) is 11.3 Å². The van der Waals surface area contributed by atoms with Gasteiger partial charge < -0.3 is 16.0 Å². The number of carbonyl (C=O) groups excluding carboxylic acids is 1. The fourth-order valence-electron chi connectivity index (χ4n) is 2.41. The summed E-state index contributed by atoms with van der Waals surface area (Å²) in [6.07, 6.45) is 4.16. The Morgan fingerprint density at radius 3 is 2.75 bits per heavy atom. The van der Waals surface area contributed by atoms with Crippen LogP contribution in [0.25, 0.3) is 0 Å². The molecule has 0 aliphatic carbocycles. The SMILES string of the molecule is CN1CCC(C)(CNC(=O)Cc2ccc(N)cn2)CC1. The van der Waals surface area contributed by atoms with Gasteiger partial charge in [-0.1, -0.05) is 6.92 Å². The Bertz CT molecular complexity index is 449. The molecule has 3 N–H and O–H groups in total. The minimum atomic E-state index is 0.0300. The monoisotopic (exact) mass is 276 g/mol. The van der Waals surface area contributed by atoms with Crippen molar-refractivity contribution in [3.8, 4) is 0 Å². The lowest BCUT2D eigenvalue weighted by molar-refractivity contribution is -0.121. The first-order valence-corrected chi connectivity index (χ1v) is 7.12. The quantitative estimate of drug-likeness (QED) is 0.862. The minimum absolute atomic E-state index is 0.0300. The number of piperidine rings is 1. The van der Waals surface area contributed by atoms with Crippen molar-refractivity contribution in [2.24, 2.45) is 5.41 Å². The van der Waals surface area contributed by atoms with Gasteiger partial charge in [-0.25, -0.2) is 0 Å². The summed E-state index contributed by atoms with van der Waals surface area (Å²) < 4.78 is 0. The molecule has 0 unspecified atom stereocenters. The summed E-state index contributed by atoms with van der Waals surface area (Å²) in [6, 6.07) is 3.57. The molecule has 1 fully saturated rings. The van der Waals surface area contributed by atoms with Gasteiger partial charge >= 0.3 is 0 Å². The molecule has 1 aromatic heterocycles. The summed E-state index contributed by atoms with van der Waals surface area (Å²) in [5.74, 6) is 0.0300. The molecule has 5 nitrogen and oxygen atoms in total. The first-order valence-electron chi connectivity index (χ1n) is 7.12. The molecule has 20 heavy (non-hydrogen) atoms. The molecule has 2 rings (SSSR count). The van der Waals surface area contributed by atoms with E-state index >= 15 is 0 Å². The third kappa shape index (κ3) is 4.20. The van der Waals surface area contributed by atoms with Gasteiger partial charge in [0.15, 0.2) is 0 Å². The van der Waals surface area contributed by atoms with Crippen LogP contribution in [0, 0.1) is 5.41 Å². The molecule has 1 amide bonds. The number of anilines is 1. The number of nitrogens with two attached hydrogens (primary N) is 1. The highest BCUT2D eigenvalue weighted by molar-refractivity contribution is 5.78. The number of likely N-dealkylation sites (tertiary alicyclic amines) is 1. The van der Waals surface area contributed by atoms with Crippen LogP contribution in [-0.4, -0.2) is 42.5 Å². The summed E-state index contributed by atoms with van der Waals surface area (Å²) in [5.41, 5.74) is 7.17. The molecule has 1 aliphatic heterocycles. The summed E-state index contributed by atoms with van der Waals surface area (Å²) >= 11 is 0. The second kappa shape index (κ2) is 6.22. The number of nitrogens with one attached hydrogen (secondary N) is 1. The van der Waals surface area contributed by atoms with Crippen LogP contribution in [0.2, 0.25) is 0 Å². The van der Waals surface area contributed by atoms with Crippen LogP contribution >= 0.6 is 0 Å². The van der Waals surface area contributed by atoms with Gasteiger partial charge in [-0.2, -0.15) is 0 Å². The van der Waals surface area contributed by atoms with E-state index in [4.69, 9.17) is 5.73 Å². The number of carbonyl (C=O) groups is 1. The number of rotatable bonds is 4. The van der Waals surface area contributed by atoms with Crippen LogP contribution < -0.4 is 11.1 Å². The lowest BCUT2D eigenvalue weighted by Crippen LogP contribution is -2.43. The van der Waals surface area contributed by atoms with Crippen LogP contribution in [0.5, 0.6) is 0 Å². The second-order valence-corrected chi connectivity index (χ2v) is 6.15. The molecule has 5 heteroatoms. The van der Waals surface area contributed by atoms with Gasteiger partial charge in [0, 0.05) is 12.2 Å². The molecule has 0 radical (unpaired) electrons. The normalized spacial score (nSPS) is 18.7. The topological polar surface area (TPSA) is 71.2 Å². The van der Waals surface area contributed by atoms with Crippen LogP contribution in [-0.2, 0) is 11.2 Å². The summed E-state index contributed by atoms with van der Waals surface area (Å²) in [4.78, 5) is 18.4. The van der Waals surface area contributed by atoms with Crippen molar-refractivity contribution in [1.29, 1.82) is 0 Å². The largest absolute Gasteiger partial charge is 0.397 e. The highest BCUT2D eigenvalue weighted by Crippen LogP contribution is 2.29. The van der Waals surface area contributed by atoms with Gasteiger partial charge in [0.2, 0.25) is 5.91 Å². The predicted molar refractivity (Wildman–Crippen MR) is 80.2 cm³/mol. The molecular weight excluding hydrogens is 252 g/mol.